The van der Waals surface area contributed by atoms with Gasteiger partial charge in [0.15, 0.2) is 0 Å². The van der Waals surface area contributed by atoms with Crippen molar-refractivity contribution in [1.82, 2.24) is 4.90 Å². The second-order valence-electron chi connectivity index (χ2n) is 4.41. The van der Waals surface area contributed by atoms with Crippen molar-refractivity contribution in [3.8, 4) is 0 Å². The second-order valence-corrected chi connectivity index (χ2v) is 4.41. The summed E-state index contributed by atoms with van der Waals surface area (Å²) in [4.78, 5) is 13.6. The van der Waals surface area contributed by atoms with Gasteiger partial charge in [0.2, 0.25) is 0 Å². The molecule has 1 aromatic rings. The third-order valence-electron chi connectivity index (χ3n) is 3.04. The number of anilines is 1. The number of hydrogen-bond acceptors (Lipinski definition) is 2. The van der Waals surface area contributed by atoms with Crippen LogP contribution in [0.4, 0.5) is 14.5 Å². The van der Waals surface area contributed by atoms with Crippen molar-refractivity contribution in [3.63, 3.8) is 0 Å². The van der Waals surface area contributed by atoms with E-state index in [9.17, 15) is 13.6 Å². The van der Waals surface area contributed by atoms with Gasteiger partial charge in [0.05, 0.1) is 11.3 Å². The first-order chi connectivity index (χ1) is 8.49. The molecule has 3 nitrogen and oxygen atoms in total. The fraction of sp³-hybridized carbons (Fsp3) is 0.308. The molecule has 0 radical (unpaired) electrons. The lowest BCUT2D eigenvalue weighted by Crippen LogP contribution is -2.35. The Hall–Kier alpha value is -1.91. The van der Waals surface area contributed by atoms with Gasteiger partial charge in [-0.05, 0) is 19.4 Å². The summed E-state index contributed by atoms with van der Waals surface area (Å²) in [6.45, 7) is 2.97. The van der Waals surface area contributed by atoms with Gasteiger partial charge in [0.1, 0.15) is 11.6 Å². The fourth-order valence-electron chi connectivity index (χ4n) is 1.86. The highest BCUT2D eigenvalue weighted by Gasteiger charge is 2.21. The lowest BCUT2D eigenvalue weighted by Gasteiger charge is -2.25. The van der Waals surface area contributed by atoms with Crippen molar-refractivity contribution in [1.29, 1.82) is 0 Å². The minimum Gasteiger partial charge on any atom is -0.396 e. The number of rotatable bonds is 1. The Morgan fingerprint density at radius 2 is 2.06 bits per heavy atom. The van der Waals surface area contributed by atoms with E-state index < -0.39 is 17.5 Å². The highest BCUT2D eigenvalue weighted by atomic mass is 19.1. The van der Waals surface area contributed by atoms with Gasteiger partial charge in [-0.1, -0.05) is 11.6 Å². The Balaban J connectivity index is 2.27. The molecule has 1 heterocycles. The first kappa shape index (κ1) is 12.5. The van der Waals surface area contributed by atoms with Gasteiger partial charge >= 0.3 is 0 Å². The molecule has 96 valence electrons. The number of carbonyl (C=O) groups excluding carboxylic acids is 1. The summed E-state index contributed by atoms with van der Waals surface area (Å²) in [6, 6.07) is 1.70. The lowest BCUT2D eigenvalue weighted by atomic mass is 10.1. The summed E-state index contributed by atoms with van der Waals surface area (Å²) >= 11 is 0. The molecule has 0 unspecified atom stereocenters. The number of carbonyl (C=O) groups is 1. The fourth-order valence-corrected chi connectivity index (χ4v) is 1.86. The van der Waals surface area contributed by atoms with E-state index in [1.807, 2.05) is 13.0 Å². The van der Waals surface area contributed by atoms with E-state index in [0.29, 0.717) is 19.2 Å². The molecule has 0 aromatic heterocycles. The van der Waals surface area contributed by atoms with Crippen LogP contribution in [0.1, 0.15) is 23.7 Å². The average Bonchev–Trinajstić information content (AvgIpc) is 2.34. The van der Waals surface area contributed by atoms with E-state index in [2.05, 4.69) is 0 Å². The number of halogens is 2. The van der Waals surface area contributed by atoms with Crippen molar-refractivity contribution in [3.05, 3.63) is 41.0 Å². The van der Waals surface area contributed by atoms with E-state index in [4.69, 9.17) is 5.73 Å². The normalized spacial score (nSPS) is 15.5. The van der Waals surface area contributed by atoms with Crippen LogP contribution in [0.3, 0.4) is 0 Å². The average molecular weight is 252 g/mol. The van der Waals surface area contributed by atoms with Crippen LogP contribution < -0.4 is 5.73 Å². The molecule has 1 aromatic carbocycles. The lowest BCUT2D eigenvalue weighted by molar-refractivity contribution is 0.0764. The van der Waals surface area contributed by atoms with Crippen molar-refractivity contribution < 1.29 is 13.6 Å². The van der Waals surface area contributed by atoms with Gasteiger partial charge in [-0.3, -0.25) is 4.79 Å². The predicted octanol–water partition coefficient (Wildman–Crippen LogP) is 2.34. The van der Waals surface area contributed by atoms with Crippen LogP contribution in [-0.2, 0) is 0 Å². The maximum absolute atomic E-state index is 13.6. The summed E-state index contributed by atoms with van der Waals surface area (Å²) in [6.07, 6.45) is 2.69. The topological polar surface area (TPSA) is 46.3 Å². The van der Waals surface area contributed by atoms with Gasteiger partial charge in [-0.2, -0.15) is 0 Å². The van der Waals surface area contributed by atoms with Crippen LogP contribution in [0.2, 0.25) is 0 Å². The number of amides is 1. The molecule has 0 bridgehead atoms. The van der Waals surface area contributed by atoms with Gasteiger partial charge in [0.25, 0.3) is 5.91 Å². The van der Waals surface area contributed by atoms with Crippen LogP contribution in [0.25, 0.3) is 0 Å². The van der Waals surface area contributed by atoms with E-state index in [1.165, 1.54) is 10.5 Å². The highest BCUT2D eigenvalue weighted by Crippen LogP contribution is 2.20. The van der Waals surface area contributed by atoms with Crippen molar-refractivity contribution in [2.45, 2.75) is 13.3 Å². The zero-order valence-corrected chi connectivity index (χ0v) is 10.0. The molecule has 1 aliphatic heterocycles. The second kappa shape index (κ2) is 4.76. The van der Waals surface area contributed by atoms with Crippen molar-refractivity contribution in [2.24, 2.45) is 0 Å². The molecule has 0 spiro atoms. The third kappa shape index (κ3) is 2.34. The van der Waals surface area contributed by atoms with Crippen LogP contribution in [0, 0.1) is 11.6 Å². The van der Waals surface area contributed by atoms with Crippen LogP contribution in [0.15, 0.2) is 23.8 Å². The van der Waals surface area contributed by atoms with Gasteiger partial charge in [-0.15, -0.1) is 0 Å². The molecule has 18 heavy (non-hydrogen) atoms. The summed E-state index contributed by atoms with van der Waals surface area (Å²) in [7, 11) is 0. The van der Waals surface area contributed by atoms with E-state index >= 15 is 0 Å². The Morgan fingerprint density at radius 3 is 2.67 bits per heavy atom. The molecule has 2 N–H and O–H groups in total. The first-order valence-corrected chi connectivity index (χ1v) is 5.68. The molecule has 1 aliphatic rings. The molecule has 2 rings (SSSR count). The maximum Gasteiger partial charge on any atom is 0.257 e. The molecule has 0 fully saturated rings. The van der Waals surface area contributed by atoms with Crippen LogP contribution >= 0.6 is 0 Å². The largest absolute Gasteiger partial charge is 0.396 e. The van der Waals surface area contributed by atoms with Gasteiger partial charge in [-0.25, -0.2) is 8.78 Å². The van der Waals surface area contributed by atoms with Gasteiger partial charge < -0.3 is 10.6 Å². The third-order valence-corrected chi connectivity index (χ3v) is 3.04. The molecule has 0 saturated heterocycles. The van der Waals surface area contributed by atoms with E-state index in [-0.39, 0.29) is 11.3 Å². The number of nitrogens with zero attached hydrogens (tertiary/aromatic N) is 1. The van der Waals surface area contributed by atoms with Gasteiger partial charge in [0, 0.05) is 19.2 Å². The molecule has 5 heteroatoms. The highest BCUT2D eigenvalue weighted by molar-refractivity contribution is 5.95. The minimum atomic E-state index is -0.877. The SMILES string of the molecule is CC1=CCN(C(=O)c2cc(N)c(F)cc2F)CC1. The molecule has 0 aliphatic carbocycles. The molecule has 1 amide bonds. The summed E-state index contributed by atoms with van der Waals surface area (Å²) in [5, 5.41) is 0. The quantitative estimate of drug-likeness (QED) is 0.616. The Kier molecular flexibility index (Phi) is 3.32. The number of benzene rings is 1. The van der Waals surface area contributed by atoms with Crippen LogP contribution in [-0.4, -0.2) is 23.9 Å². The molecule has 0 atom stereocenters. The minimum absolute atomic E-state index is 0.179. The zero-order valence-electron chi connectivity index (χ0n) is 10.0. The Bertz CT molecular complexity index is 526. The zero-order chi connectivity index (χ0) is 13.3. The number of hydrogen-bond donors (Lipinski definition) is 1. The van der Waals surface area contributed by atoms with E-state index in [1.54, 1.807) is 0 Å². The summed E-state index contributed by atoms with van der Waals surface area (Å²) in [5.41, 5.74) is 6.16. The standard InChI is InChI=1S/C13H14F2N2O/c1-8-2-4-17(5-3-8)13(18)9-6-12(16)11(15)7-10(9)14/h2,6-7H,3-5,16H2,1H3. The maximum atomic E-state index is 13.6. The smallest absolute Gasteiger partial charge is 0.257 e. The summed E-state index contributed by atoms with van der Waals surface area (Å²) in [5.74, 6) is -2.18. The summed E-state index contributed by atoms with van der Waals surface area (Å²) < 4.78 is 26.6. The Morgan fingerprint density at radius 1 is 1.33 bits per heavy atom. The molecule has 0 saturated carbocycles. The predicted molar refractivity (Wildman–Crippen MR) is 65.0 cm³/mol. The Labute approximate surface area is 104 Å². The van der Waals surface area contributed by atoms with Crippen LogP contribution in [0.5, 0.6) is 0 Å². The first-order valence-electron chi connectivity index (χ1n) is 5.68. The number of nitrogens with two attached hydrogens (primary N) is 1. The monoisotopic (exact) mass is 252 g/mol. The van der Waals surface area contributed by atoms with Crippen molar-refractivity contribution in [2.75, 3.05) is 18.8 Å². The van der Waals surface area contributed by atoms with Crippen molar-refractivity contribution >= 4 is 11.6 Å². The number of nitrogen functional groups attached to an aromatic ring is 1. The molecular formula is C13H14F2N2O. The molecular weight excluding hydrogens is 238 g/mol. The van der Waals surface area contributed by atoms with E-state index in [0.717, 1.165) is 12.5 Å².